The van der Waals surface area contributed by atoms with E-state index in [0.717, 1.165) is 6.07 Å². The van der Waals surface area contributed by atoms with Gasteiger partial charge in [-0.15, -0.1) is 0 Å². The summed E-state index contributed by atoms with van der Waals surface area (Å²) in [4.78, 5) is 35.7. The van der Waals surface area contributed by atoms with Crippen LogP contribution in [0.5, 0.6) is 0 Å². The Balaban J connectivity index is 1.86. The molecule has 1 unspecified atom stereocenters. The van der Waals surface area contributed by atoms with Gasteiger partial charge in [0.1, 0.15) is 18.4 Å². The van der Waals surface area contributed by atoms with Gasteiger partial charge in [0.25, 0.3) is 11.8 Å². The molecule has 0 bridgehead atoms. The number of ether oxygens (including phenoxy) is 1. The van der Waals surface area contributed by atoms with Crippen molar-refractivity contribution in [2.24, 2.45) is 0 Å². The quantitative estimate of drug-likeness (QED) is 0.757. The second kappa shape index (κ2) is 9.10. The van der Waals surface area contributed by atoms with Crippen LogP contribution in [0, 0.1) is 17.1 Å². The second-order valence-corrected chi connectivity index (χ2v) is 5.44. The third-order valence-corrected chi connectivity index (χ3v) is 3.49. The van der Waals surface area contributed by atoms with Crippen molar-refractivity contribution >= 4 is 23.5 Å². The van der Waals surface area contributed by atoms with E-state index in [1.54, 1.807) is 18.2 Å². The third kappa shape index (κ3) is 5.37. The SMILES string of the molecule is CC(OC(=O)CNC(=O)c1ccccc1F)C(=O)Nc1ccccc1C#N. The van der Waals surface area contributed by atoms with Crippen LogP contribution in [-0.4, -0.2) is 30.4 Å². The molecule has 2 N–H and O–H groups in total. The van der Waals surface area contributed by atoms with Gasteiger partial charge in [0.2, 0.25) is 0 Å². The van der Waals surface area contributed by atoms with Crippen LogP contribution >= 0.6 is 0 Å². The monoisotopic (exact) mass is 369 g/mol. The number of carbonyl (C=O) groups excluding carboxylic acids is 3. The maximum atomic E-state index is 13.5. The lowest BCUT2D eigenvalue weighted by atomic mass is 10.2. The zero-order valence-corrected chi connectivity index (χ0v) is 14.4. The normalized spacial score (nSPS) is 11.0. The van der Waals surface area contributed by atoms with E-state index in [1.807, 2.05) is 6.07 Å². The number of halogens is 1. The first-order chi connectivity index (χ1) is 12.9. The molecule has 1 atom stereocenters. The Bertz CT molecular complexity index is 908. The zero-order valence-electron chi connectivity index (χ0n) is 14.4. The van der Waals surface area contributed by atoms with Gasteiger partial charge in [-0.25, -0.2) is 4.39 Å². The van der Waals surface area contributed by atoms with E-state index in [9.17, 15) is 18.8 Å². The number of carbonyl (C=O) groups is 3. The van der Waals surface area contributed by atoms with E-state index < -0.39 is 36.2 Å². The molecule has 0 fully saturated rings. The molecule has 0 aromatic heterocycles. The van der Waals surface area contributed by atoms with Gasteiger partial charge in [-0.1, -0.05) is 24.3 Å². The lowest BCUT2D eigenvalue weighted by Crippen LogP contribution is -2.36. The molecule has 0 radical (unpaired) electrons. The Morgan fingerprint density at radius 3 is 2.52 bits per heavy atom. The average molecular weight is 369 g/mol. The van der Waals surface area contributed by atoms with Crippen LogP contribution in [0.25, 0.3) is 0 Å². The van der Waals surface area contributed by atoms with Crippen molar-refractivity contribution < 1.29 is 23.5 Å². The molecule has 2 amide bonds. The summed E-state index contributed by atoms with van der Waals surface area (Å²) in [6.07, 6.45) is -1.16. The molecule has 2 aromatic carbocycles. The number of para-hydroxylation sites is 1. The van der Waals surface area contributed by atoms with E-state index in [4.69, 9.17) is 10.00 Å². The van der Waals surface area contributed by atoms with Crippen molar-refractivity contribution in [3.05, 3.63) is 65.5 Å². The predicted molar refractivity (Wildman–Crippen MR) is 94.1 cm³/mol. The fourth-order valence-electron chi connectivity index (χ4n) is 2.11. The lowest BCUT2D eigenvalue weighted by Gasteiger charge is -2.14. The maximum absolute atomic E-state index is 13.5. The van der Waals surface area contributed by atoms with Gasteiger partial charge in [-0.3, -0.25) is 14.4 Å². The van der Waals surface area contributed by atoms with Crippen molar-refractivity contribution in [2.45, 2.75) is 13.0 Å². The minimum atomic E-state index is -1.16. The molecule has 7 nitrogen and oxygen atoms in total. The summed E-state index contributed by atoms with van der Waals surface area (Å²) in [6.45, 7) is 0.820. The molecule has 0 heterocycles. The van der Waals surface area contributed by atoms with Crippen LogP contribution < -0.4 is 10.6 Å². The first-order valence-corrected chi connectivity index (χ1v) is 7.94. The molecule has 0 saturated heterocycles. The fraction of sp³-hybridized carbons (Fsp3) is 0.158. The minimum absolute atomic E-state index is 0.204. The molecular formula is C19H16FN3O4. The average Bonchev–Trinajstić information content (AvgIpc) is 2.66. The predicted octanol–water partition coefficient (Wildman–Crippen LogP) is 2.00. The van der Waals surface area contributed by atoms with E-state index >= 15 is 0 Å². The number of nitrogens with zero attached hydrogens (tertiary/aromatic N) is 1. The highest BCUT2D eigenvalue weighted by atomic mass is 19.1. The number of amides is 2. The summed E-state index contributed by atoms with van der Waals surface area (Å²) in [6, 6.07) is 13.6. The number of hydrogen-bond donors (Lipinski definition) is 2. The van der Waals surface area contributed by atoms with E-state index in [1.165, 1.54) is 31.2 Å². The van der Waals surface area contributed by atoms with Crippen LogP contribution in [0.4, 0.5) is 10.1 Å². The van der Waals surface area contributed by atoms with Crippen molar-refractivity contribution in [2.75, 3.05) is 11.9 Å². The first kappa shape index (κ1) is 19.6. The molecule has 0 aliphatic heterocycles. The highest BCUT2D eigenvalue weighted by Gasteiger charge is 2.20. The van der Waals surface area contributed by atoms with Crippen molar-refractivity contribution in [3.8, 4) is 6.07 Å². The van der Waals surface area contributed by atoms with Crippen LogP contribution in [0.15, 0.2) is 48.5 Å². The molecule has 2 rings (SSSR count). The Kier molecular flexibility index (Phi) is 6.61. The van der Waals surface area contributed by atoms with Gasteiger partial charge in [-0.2, -0.15) is 5.26 Å². The molecule has 0 aliphatic carbocycles. The number of hydrogen-bond acceptors (Lipinski definition) is 5. The van der Waals surface area contributed by atoms with Gasteiger partial charge in [0.05, 0.1) is 16.8 Å². The fourth-order valence-corrected chi connectivity index (χ4v) is 2.11. The third-order valence-electron chi connectivity index (χ3n) is 3.49. The van der Waals surface area contributed by atoms with Gasteiger partial charge in [0, 0.05) is 0 Å². The molecule has 0 saturated carbocycles. The van der Waals surface area contributed by atoms with E-state index in [-0.39, 0.29) is 11.1 Å². The van der Waals surface area contributed by atoms with E-state index in [2.05, 4.69) is 10.6 Å². The lowest BCUT2D eigenvalue weighted by molar-refractivity contribution is -0.152. The molecule has 2 aromatic rings. The summed E-state index contributed by atoms with van der Waals surface area (Å²) in [5.74, 6) is -2.99. The summed E-state index contributed by atoms with van der Waals surface area (Å²) < 4.78 is 18.4. The molecular weight excluding hydrogens is 353 g/mol. The molecule has 138 valence electrons. The van der Waals surface area contributed by atoms with Crippen molar-refractivity contribution in [3.63, 3.8) is 0 Å². The Labute approximate surface area is 154 Å². The Hall–Kier alpha value is -3.73. The number of nitriles is 1. The number of nitrogens with one attached hydrogen (secondary N) is 2. The van der Waals surface area contributed by atoms with Crippen molar-refractivity contribution in [1.29, 1.82) is 5.26 Å². The number of anilines is 1. The second-order valence-electron chi connectivity index (χ2n) is 5.44. The van der Waals surface area contributed by atoms with Crippen LogP contribution in [0.3, 0.4) is 0 Å². The molecule has 27 heavy (non-hydrogen) atoms. The highest BCUT2D eigenvalue weighted by molar-refractivity contribution is 5.98. The van der Waals surface area contributed by atoms with Crippen LogP contribution in [0.2, 0.25) is 0 Å². The number of esters is 1. The summed E-state index contributed by atoms with van der Waals surface area (Å²) >= 11 is 0. The Morgan fingerprint density at radius 2 is 1.81 bits per heavy atom. The topological polar surface area (TPSA) is 108 Å². The zero-order chi connectivity index (χ0) is 19.8. The Morgan fingerprint density at radius 1 is 1.15 bits per heavy atom. The maximum Gasteiger partial charge on any atom is 0.326 e. The van der Waals surface area contributed by atoms with Gasteiger partial charge < -0.3 is 15.4 Å². The summed E-state index contributed by atoms with van der Waals surface area (Å²) in [5.41, 5.74) is 0.353. The smallest absolute Gasteiger partial charge is 0.326 e. The van der Waals surface area contributed by atoms with E-state index in [0.29, 0.717) is 5.69 Å². The number of benzene rings is 2. The minimum Gasteiger partial charge on any atom is -0.451 e. The summed E-state index contributed by atoms with van der Waals surface area (Å²) in [5, 5.41) is 13.7. The highest BCUT2D eigenvalue weighted by Crippen LogP contribution is 2.14. The first-order valence-electron chi connectivity index (χ1n) is 7.94. The largest absolute Gasteiger partial charge is 0.451 e. The van der Waals surface area contributed by atoms with Crippen LogP contribution in [0.1, 0.15) is 22.8 Å². The standard InChI is InChI=1S/C19H16FN3O4/c1-12(18(25)23-16-9-5-2-6-13(16)10-21)27-17(24)11-22-19(26)14-7-3-4-8-15(14)20/h2-9,12H,11H2,1H3,(H,22,26)(H,23,25). The summed E-state index contributed by atoms with van der Waals surface area (Å²) in [7, 11) is 0. The van der Waals surface area contributed by atoms with Gasteiger partial charge in [-0.05, 0) is 31.2 Å². The molecule has 8 heteroatoms. The van der Waals surface area contributed by atoms with Gasteiger partial charge in [0.15, 0.2) is 6.10 Å². The van der Waals surface area contributed by atoms with Crippen LogP contribution in [-0.2, 0) is 14.3 Å². The van der Waals surface area contributed by atoms with Gasteiger partial charge >= 0.3 is 5.97 Å². The molecule has 0 spiro atoms. The van der Waals surface area contributed by atoms with Crippen molar-refractivity contribution in [1.82, 2.24) is 5.32 Å². The molecule has 0 aliphatic rings. The number of rotatable bonds is 6.